The van der Waals surface area contributed by atoms with Crippen molar-refractivity contribution < 1.29 is 8.42 Å². The molecule has 2 aromatic rings. The third-order valence-electron chi connectivity index (χ3n) is 4.05. The number of anilines is 2. The van der Waals surface area contributed by atoms with Crippen molar-refractivity contribution in [3.05, 3.63) is 36.5 Å². The van der Waals surface area contributed by atoms with Crippen molar-refractivity contribution in [3.8, 4) is 0 Å². The monoisotopic (exact) mass is 332 g/mol. The molecule has 0 amide bonds. The highest BCUT2D eigenvalue weighted by atomic mass is 32.2. The van der Waals surface area contributed by atoms with E-state index in [1.807, 2.05) is 0 Å². The number of nitrogens with zero attached hydrogens (tertiary/aromatic N) is 3. The molecule has 1 aliphatic rings. The topological polar surface area (TPSA) is 89.2 Å². The van der Waals surface area contributed by atoms with Gasteiger partial charge in [0.15, 0.2) is 0 Å². The second-order valence-corrected chi connectivity index (χ2v) is 7.85. The first-order chi connectivity index (χ1) is 11.0. The van der Waals surface area contributed by atoms with Crippen LogP contribution in [0.15, 0.2) is 46.3 Å². The van der Waals surface area contributed by atoms with Gasteiger partial charge in [-0.25, -0.2) is 13.4 Å². The van der Waals surface area contributed by atoms with E-state index in [1.54, 1.807) is 18.2 Å². The summed E-state index contributed by atoms with van der Waals surface area (Å²) < 4.78 is 25.2. The van der Waals surface area contributed by atoms with Gasteiger partial charge in [0.1, 0.15) is 10.7 Å². The van der Waals surface area contributed by atoms with Crippen molar-refractivity contribution in [3.63, 3.8) is 0 Å². The Morgan fingerprint density at radius 3 is 2.65 bits per heavy atom. The number of benzene rings is 1. The SMILES string of the molecule is C[C@H]1CCCN(c2ncc(S(=O)(=O)c3ccccc3)c(N)n2)C1. The van der Waals surface area contributed by atoms with Crippen molar-refractivity contribution in [1.29, 1.82) is 0 Å². The van der Waals surface area contributed by atoms with Crippen molar-refractivity contribution in [2.24, 2.45) is 5.92 Å². The van der Waals surface area contributed by atoms with Crippen LogP contribution in [0, 0.1) is 5.92 Å². The van der Waals surface area contributed by atoms with Gasteiger partial charge in [-0.2, -0.15) is 4.98 Å². The van der Waals surface area contributed by atoms with Gasteiger partial charge in [-0.1, -0.05) is 25.1 Å². The Bertz CT molecular complexity index is 793. The lowest BCUT2D eigenvalue weighted by molar-refractivity contribution is 0.442. The molecule has 6 nitrogen and oxygen atoms in total. The Morgan fingerprint density at radius 2 is 2.00 bits per heavy atom. The van der Waals surface area contributed by atoms with Crippen LogP contribution in [0.3, 0.4) is 0 Å². The molecule has 1 aromatic heterocycles. The molecular weight excluding hydrogens is 312 g/mol. The van der Waals surface area contributed by atoms with E-state index in [9.17, 15) is 8.42 Å². The van der Waals surface area contributed by atoms with Crippen LogP contribution < -0.4 is 10.6 Å². The molecule has 3 rings (SSSR count). The summed E-state index contributed by atoms with van der Waals surface area (Å²) in [6.45, 7) is 3.92. The van der Waals surface area contributed by atoms with Gasteiger partial charge in [0, 0.05) is 13.1 Å². The summed E-state index contributed by atoms with van der Waals surface area (Å²) in [5, 5.41) is 0. The molecule has 0 saturated carbocycles. The minimum Gasteiger partial charge on any atom is -0.382 e. The Balaban J connectivity index is 1.94. The van der Waals surface area contributed by atoms with Crippen LogP contribution >= 0.6 is 0 Å². The lowest BCUT2D eigenvalue weighted by Crippen LogP contribution is -2.35. The Kier molecular flexibility index (Phi) is 4.21. The average molecular weight is 332 g/mol. The van der Waals surface area contributed by atoms with Gasteiger partial charge in [0.05, 0.1) is 11.1 Å². The summed E-state index contributed by atoms with van der Waals surface area (Å²) >= 11 is 0. The fourth-order valence-corrected chi connectivity index (χ4v) is 4.11. The number of hydrogen-bond donors (Lipinski definition) is 1. The lowest BCUT2D eigenvalue weighted by atomic mass is 10.0. The lowest BCUT2D eigenvalue weighted by Gasteiger charge is -2.31. The van der Waals surface area contributed by atoms with E-state index < -0.39 is 9.84 Å². The normalized spacial score (nSPS) is 18.8. The number of nitrogens with two attached hydrogens (primary N) is 1. The van der Waals surface area contributed by atoms with Crippen molar-refractivity contribution >= 4 is 21.6 Å². The van der Waals surface area contributed by atoms with Gasteiger partial charge < -0.3 is 10.6 Å². The van der Waals surface area contributed by atoms with Crippen LogP contribution in [0.5, 0.6) is 0 Å². The number of sulfone groups is 1. The van der Waals surface area contributed by atoms with Crippen molar-refractivity contribution in [1.82, 2.24) is 9.97 Å². The van der Waals surface area contributed by atoms with E-state index in [2.05, 4.69) is 21.8 Å². The van der Waals surface area contributed by atoms with E-state index in [0.717, 1.165) is 19.5 Å². The summed E-state index contributed by atoms with van der Waals surface area (Å²) in [5.74, 6) is 1.07. The molecule has 0 spiro atoms. The zero-order valence-electron chi connectivity index (χ0n) is 13.0. The second-order valence-electron chi connectivity index (χ2n) is 5.93. The maximum absolute atomic E-state index is 12.6. The highest BCUT2D eigenvalue weighted by Gasteiger charge is 2.24. The summed E-state index contributed by atoms with van der Waals surface area (Å²) in [6.07, 6.45) is 3.58. The molecule has 1 saturated heterocycles. The molecular formula is C16H20N4O2S. The van der Waals surface area contributed by atoms with Crippen LogP contribution in [-0.2, 0) is 9.84 Å². The van der Waals surface area contributed by atoms with Gasteiger partial charge >= 0.3 is 0 Å². The molecule has 0 unspecified atom stereocenters. The number of rotatable bonds is 3. The molecule has 1 atom stereocenters. The van der Waals surface area contributed by atoms with E-state index in [-0.39, 0.29) is 15.6 Å². The minimum absolute atomic E-state index is 0.00270. The quantitative estimate of drug-likeness (QED) is 0.926. The highest BCUT2D eigenvalue weighted by molar-refractivity contribution is 7.91. The first kappa shape index (κ1) is 15.7. The van der Waals surface area contributed by atoms with Crippen LogP contribution in [0.4, 0.5) is 11.8 Å². The van der Waals surface area contributed by atoms with E-state index >= 15 is 0 Å². The number of aromatic nitrogens is 2. The average Bonchev–Trinajstić information content (AvgIpc) is 2.55. The smallest absolute Gasteiger partial charge is 0.227 e. The highest BCUT2D eigenvalue weighted by Crippen LogP contribution is 2.26. The maximum atomic E-state index is 12.6. The molecule has 23 heavy (non-hydrogen) atoms. The molecule has 2 N–H and O–H groups in total. The van der Waals surface area contributed by atoms with Crippen LogP contribution in [-0.4, -0.2) is 31.5 Å². The molecule has 0 radical (unpaired) electrons. The Labute approximate surface area is 136 Å². The molecule has 1 aromatic carbocycles. The molecule has 1 aliphatic heterocycles. The Hall–Kier alpha value is -2.15. The standard InChI is InChI=1S/C16H20N4O2S/c1-12-6-5-9-20(11-12)16-18-10-14(15(17)19-16)23(21,22)13-7-3-2-4-8-13/h2-4,7-8,10,12H,5-6,9,11H2,1H3,(H2,17,18,19)/t12-/m0/s1. The second kappa shape index (κ2) is 6.16. The fraction of sp³-hybridized carbons (Fsp3) is 0.375. The van der Waals surface area contributed by atoms with E-state index in [1.165, 1.54) is 24.8 Å². The van der Waals surface area contributed by atoms with Crippen LogP contribution in [0.25, 0.3) is 0 Å². The fourth-order valence-electron chi connectivity index (χ4n) is 2.83. The van der Waals surface area contributed by atoms with Gasteiger partial charge in [-0.3, -0.25) is 0 Å². The summed E-state index contributed by atoms with van der Waals surface area (Å²) in [6, 6.07) is 8.18. The molecule has 7 heteroatoms. The van der Waals surface area contributed by atoms with Gasteiger partial charge in [0.25, 0.3) is 0 Å². The largest absolute Gasteiger partial charge is 0.382 e. The van der Waals surface area contributed by atoms with Gasteiger partial charge in [-0.05, 0) is 30.9 Å². The third kappa shape index (κ3) is 3.14. The zero-order chi connectivity index (χ0) is 16.4. The van der Waals surface area contributed by atoms with Gasteiger partial charge in [0.2, 0.25) is 15.8 Å². The van der Waals surface area contributed by atoms with E-state index in [4.69, 9.17) is 5.73 Å². The summed E-state index contributed by atoms with van der Waals surface area (Å²) in [4.78, 5) is 10.7. The molecule has 0 aliphatic carbocycles. The molecule has 0 bridgehead atoms. The summed E-state index contributed by atoms with van der Waals surface area (Å²) in [7, 11) is -3.70. The minimum atomic E-state index is -3.70. The Morgan fingerprint density at radius 1 is 1.26 bits per heavy atom. The van der Waals surface area contributed by atoms with Crippen LogP contribution in [0.2, 0.25) is 0 Å². The number of nitrogen functional groups attached to an aromatic ring is 1. The van der Waals surface area contributed by atoms with E-state index in [0.29, 0.717) is 11.9 Å². The third-order valence-corrected chi connectivity index (χ3v) is 5.84. The van der Waals surface area contributed by atoms with Crippen LogP contribution in [0.1, 0.15) is 19.8 Å². The van der Waals surface area contributed by atoms with Crippen molar-refractivity contribution in [2.45, 2.75) is 29.6 Å². The predicted octanol–water partition coefficient (Wildman–Crippen LogP) is 2.13. The first-order valence-electron chi connectivity index (χ1n) is 7.66. The number of piperidine rings is 1. The maximum Gasteiger partial charge on any atom is 0.227 e. The number of hydrogen-bond acceptors (Lipinski definition) is 6. The zero-order valence-corrected chi connectivity index (χ0v) is 13.8. The van der Waals surface area contributed by atoms with Crippen molar-refractivity contribution in [2.75, 3.05) is 23.7 Å². The summed E-state index contributed by atoms with van der Waals surface area (Å²) in [5.41, 5.74) is 5.93. The first-order valence-corrected chi connectivity index (χ1v) is 9.14. The molecule has 1 fully saturated rings. The molecule has 2 heterocycles. The predicted molar refractivity (Wildman–Crippen MR) is 88.9 cm³/mol. The van der Waals surface area contributed by atoms with Gasteiger partial charge in [-0.15, -0.1) is 0 Å². The molecule has 122 valence electrons.